The van der Waals surface area contributed by atoms with E-state index in [1.165, 1.54) is 12.1 Å². The van der Waals surface area contributed by atoms with Crippen molar-refractivity contribution in [2.24, 2.45) is 0 Å². The van der Waals surface area contributed by atoms with Gasteiger partial charge in [0.15, 0.2) is 5.69 Å². The first-order valence-corrected chi connectivity index (χ1v) is 6.83. The van der Waals surface area contributed by atoms with Gasteiger partial charge in [-0.25, -0.2) is 13.9 Å². The zero-order chi connectivity index (χ0) is 16.2. The number of halogens is 1. The van der Waals surface area contributed by atoms with Crippen molar-refractivity contribution in [3.8, 4) is 17.5 Å². The molecule has 2 aromatic heterocycles. The van der Waals surface area contributed by atoms with Crippen LogP contribution in [0, 0.1) is 31.2 Å². The van der Waals surface area contributed by atoms with Gasteiger partial charge >= 0.3 is 0 Å². The van der Waals surface area contributed by atoms with E-state index in [0.29, 0.717) is 11.4 Å². The van der Waals surface area contributed by atoms with Crippen molar-refractivity contribution in [1.29, 1.82) is 0 Å². The molecule has 23 heavy (non-hydrogen) atoms. The van der Waals surface area contributed by atoms with Crippen LogP contribution in [0.15, 0.2) is 48.8 Å². The molecule has 0 aliphatic rings. The Morgan fingerprint density at radius 1 is 1.22 bits per heavy atom. The van der Waals surface area contributed by atoms with Gasteiger partial charge in [-0.3, -0.25) is 4.98 Å². The van der Waals surface area contributed by atoms with Crippen molar-refractivity contribution < 1.29 is 4.39 Å². The van der Waals surface area contributed by atoms with Gasteiger partial charge in [-0.15, -0.1) is 0 Å². The molecule has 0 saturated carbocycles. The summed E-state index contributed by atoms with van der Waals surface area (Å²) in [6.45, 7) is 8.87. The lowest BCUT2D eigenvalue weighted by Crippen LogP contribution is -1.99. The number of hydrogen-bond acceptors (Lipinski definition) is 2. The highest BCUT2D eigenvalue weighted by Crippen LogP contribution is 2.21. The zero-order valence-electron chi connectivity index (χ0n) is 12.3. The summed E-state index contributed by atoms with van der Waals surface area (Å²) < 4.78 is 15.2. The molecule has 3 rings (SSSR count). The van der Waals surface area contributed by atoms with Crippen LogP contribution in [-0.2, 0) is 0 Å². The molecule has 0 aliphatic heterocycles. The maximum atomic E-state index is 13.6. The molecular formula is C18H11FN4. The Bertz CT molecular complexity index is 956. The Morgan fingerprint density at radius 2 is 2.09 bits per heavy atom. The van der Waals surface area contributed by atoms with Crippen molar-refractivity contribution in [1.82, 2.24) is 14.8 Å². The van der Waals surface area contributed by atoms with Crippen molar-refractivity contribution in [3.05, 3.63) is 83.0 Å². The summed E-state index contributed by atoms with van der Waals surface area (Å²) in [6, 6.07) is 9.61. The summed E-state index contributed by atoms with van der Waals surface area (Å²) in [5.74, 6) is 5.47. The second-order valence-electron chi connectivity index (χ2n) is 4.85. The fourth-order valence-corrected chi connectivity index (χ4v) is 2.12. The lowest BCUT2D eigenvalue weighted by Gasteiger charge is -2.04. The van der Waals surface area contributed by atoms with Crippen molar-refractivity contribution in [2.75, 3.05) is 0 Å². The van der Waals surface area contributed by atoms with Gasteiger partial charge in [0.1, 0.15) is 11.5 Å². The minimum absolute atomic E-state index is 0.234. The number of nitrogens with zero attached hydrogens (tertiary/aromatic N) is 4. The summed E-state index contributed by atoms with van der Waals surface area (Å²) in [4.78, 5) is 7.26. The Kier molecular flexibility index (Phi) is 3.86. The second-order valence-corrected chi connectivity index (χ2v) is 4.85. The summed E-state index contributed by atoms with van der Waals surface area (Å²) in [5, 5.41) is 4.36. The van der Waals surface area contributed by atoms with Gasteiger partial charge in [0.05, 0.1) is 12.3 Å². The summed E-state index contributed by atoms with van der Waals surface area (Å²) in [6.07, 6.45) is 3.36. The second kappa shape index (κ2) is 6.13. The van der Waals surface area contributed by atoms with Crippen LogP contribution < -0.4 is 0 Å². The fourth-order valence-electron chi connectivity index (χ4n) is 2.12. The molecule has 5 heteroatoms. The monoisotopic (exact) mass is 302 g/mol. The lowest BCUT2D eigenvalue weighted by atomic mass is 10.2. The molecule has 0 unspecified atom stereocenters. The van der Waals surface area contributed by atoms with Crippen LogP contribution in [0.2, 0.25) is 0 Å². The Balaban J connectivity index is 1.98. The zero-order valence-corrected chi connectivity index (χ0v) is 12.3. The molecule has 0 aliphatic carbocycles. The number of rotatable bonds is 1. The normalized spacial score (nSPS) is 9.78. The molecule has 0 spiro atoms. The number of pyridine rings is 1. The maximum Gasteiger partial charge on any atom is 0.192 e. The van der Waals surface area contributed by atoms with Crippen LogP contribution in [0.25, 0.3) is 10.5 Å². The van der Waals surface area contributed by atoms with E-state index in [1.54, 1.807) is 23.1 Å². The topological polar surface area (TPSA) is 35.1 Å². The van der Waals surface area contributed by atoms with E-state index < -0.39 is 5.82 Å². The average Bonchev–Trinajstić information content (AvgIpc) is 2.94. The van der Waals surface area contributed by atoms with E-state index in [2.05, 4.69) is 26.8 Å². The number of hydrogen-bond donors (Lipinski definition) is 0. The highest BCUT2D eigenvalue weighted by molar-refractivity contribution is 5.53. The van der Waals surface area contributed by atoms with Crippen LogP contribution in [0.4, 0.5) is 10.1 Å². The van der Waals surface area contributed by atoms with E-state index in [4.69, 9.17) is 6.57 Å². The van der Waals surface area contributed by atoms with E-state index in [0.717, 1.165) is 11.3 Å². The van der Waals surface area contributed by atoms with Crippen molar-refractivity contribution >= 4 is 5.69 Å². The van der Waals surface area contributed by atoms with Gasteiger partial charge in [-0.1, -0.05) is 5.92 Å². The number of aryl methyl sites for hydroxylation is 1. The van der Waals surface area contributed by atoms with Crippen molar-refractivity contribution in [3.63, 3.8) is 0 Å². The molecular weight excluding hydrogens is 291 g/mol. The number of aromatic nitrogens is 3. The smallest absolute Gasteiger partial charge is 0.192 e. The third-order valence-corrected chi connectivity index (χ3v) is 3.12. The molecule has 0 N–H and O–H groups in total. The lowest BCUT2D eigenvalue weighted by molar-refractivity contribution is 0.626. The minimum Gasteiger partial charge on any atom is -0.263 e. The standard InChI is InChI=1S/C18H11FN4/c1-13-8-16(6-5-14-4-3-7-21-12-14)22-23(13)18-10-15(19)9-17(11-18)20-2/h3-4,7-12H,1H3. The first kappa shape index (κ1) is 14.5. The SMILES string of the molecule is [C-]#[N+]c1cc(F)cc(-n2nc(C#Cc3cccnc3)cc2C)c1. The van der Waals surface area contributed by atoms with E-state index in [1.807, 2.05) is 25.1 Å². The fraction of sp³-hybridized carbons (Fsp3) is 0.0556. The number of benzene rings is 1. The molecule has 0 amide bonds. The molecule has 0 bridgehead atoms. The first-order valence-electron chi connectivity index (χ1n) is 6.83. The van der Waals surface area contributed by atoms with Gasteiger partial charge < -0.3 is 0 Å². The molecule has 0 fully saturated rings. The van der Waals surface area contributed by atoms with Crippen LogP contribution in [0.5, 0.6) is 0 Å². The summed E-state index contributed by atoms with van der Waals surface area (Å²) in [5.41, 5.74) is 2.91. The van der Waals surface area contributed by atoms with Crippen molar-refractivity contribution in [2.45, 2.75) is 6.92 Å². The highest BCUT2D eigenvalue weighted by atomic mass is 19.1. The van der Waals surface area contributed by atoms with Gasteiger partial charge in [0, 0.05) is 23.7 Å². The highest BCUT2D eigenvalue weighted by Gasteiger charge is 2.07. The van der Waals surface area contributed by atoms with Crippen LogP contribution >= 0.6 is 0 Å². The Morgan fingerprint density at radius 3 is 2.83 bits per heavy atom. The predicted octanol–water partition coefficient (Wildman–Crippen LogP) is 3.67. The molecule has 3 aromatic rings. The molecule has 0 saturated heterocycles. The van der Waals surface area contributed by atoms with E-state index in [-0.39, 0.29) is 5.69 Å². The predicted molar refractivity (Wildman–Crippen MR) is 84.7 cm³/mol. The van der Waals surface area contributed by atoms with E-state index >= 15 is 0 Å². The van der Waals surface area contributed by atoms with Gasteiger partial charge in [-0.05, 0) is 49.2 Å². The summed E-state index contributed by atoms with van der Waals surface area (Å²) in [7, 11) is 0. The van der Waals surface area contributed by atoms with Crippen LogP contribution in [-0.4, -0.2) is 14.8 Å². The minimum atomic E-state index is -0.466. The molecule has 2 heterocycles. The quantitative estimate of drug-likeness (QED) is 0.508. The largest absolute Gasteiger partial charge is 0.263 e. The Labute approximate surface area is 133 Å². The molecule has 0 atom stereocenters. The molecule has 110 valence electrons. The Hall–Kier alpha value is -3.44. The molecule has 1 aromatic carbocycles. The van der Waals surface area contributed by atoms with Gasteiger partial charge in [0.25, 0.3) is 0 Å². The summed E-state index contributed by atoms with van der Waals surface area (Å²) >= 11 is 0. The van der Waals surface area contributed by atoms with Gasteiger partial charge in [-0.2, -0.15) is 5.10 Å². The average molecular weight is 302 g/mol. The third-order valence-electron chi connectivity index (χ3n) is 3.12. The maximum absolute atomic E-state index is 13.6. The van der Waals surface area contributed by atoms with Gasteiger partial charge in [0.2, 0.25) is 0 Å². The third kappa shape index (κ3) is 3.25. The van der Waals surface area contributed by atoms with E-state index in [9.17, 15) is 4.39 Å². The molecule has 0 radical (unpaired) electrons. The molecule has 4 nitrogen and oxygen atoms in total. The van der Waals surface area contributed by atoms with Crippen LogP contribution in [0.3, 0.4) is 0 Å². The first-order chi connectivity index (χ1) is 11.2. The van der Waals surface area contributed by atoms with Crippen LogP contribution in [0.1, 0.15) is 17.0 Å².